The molecular weight excluding hydrogens is 392 g/mol. The first-order valence-electron chi connectivity index (χ1n) is 10.2. The van der Waals surface area contributed by atoms with Crippen molar-refractivity contribution in [1.82, 2.24) is 0 Å². The Morgan fingerprint density at radius 1 is 0.935 bits per heavy atom. The lowest BCUT2D eigenvalue weighted by atomic mass is 9.96. The fourth-order valence-corrected chi connectivity index (χ4v) is 3.71. The molecule has 0 spiro atoms. The quantitative estimate of drug-likeness (QED) is 0.498. The molecule has 160 valence electrons. The van der Waals surface area contributed by atoms with Gasteiger partial charge in [0, 0.05) is 19.9 Å². The summed E-state index contributed by atoms with van der Waals surface area (Å²) in [5.41, 5.74) is 4.45. The van der Waals surface area contributed by atoms with Gasteiger partial charge in [-0.25, -0.2) is 4.79 Å². The Morgan fingerprint density at radius 3 is 2.42 bits per heavy atom. The molecule has 0 saturated heterocycles. The minimum absolute atomic E-state index is 0.386. The van der Waals surface area contributed by atoms with Crippen LogP contribution in [0, 0.1) is 6.92 Å². The average Bonchev–Trinajstić information content (AvgIpc) is 2.72. The van der Waals surface area contributed by atoms with Crippen molar-refractivity contribution in [3.05, 3.63) is 88.5 Å². The van der Waals surface area contributed by atoms with Crippen molar-refractivity contribution in [3.8, 4) is 17.2 Å². The van der Waals surface area contributed by atoms with E-state index in [0.29, 0.717) is 30.1 Å². The molecule has 0 aliphatic carbocycles. The number of hydrogen-bond acceptors (Lipinski definition) is 5. The van der Waals surface area contributed by atoms with Gasteiger partial charge in [-0.05, 0) is 47.7 Å². The first kappa shape index (κ1) is 20.8. The van der Waals surface area contributed by atoms with E-state index in [-0.39, 0.29) is 5.97 Å². The Hall–Kier alpha value is -3.47. The van der Waals surface area contributed by atoms with E-state index in [1.807, 2.05) is 55.5 Å². The average molecular weight is 418 g/mol. The molecule has 0 amide bonds. The molecule has 5 heteroatoms. The number of esters is 1. The number of benzene rings is 3. The highest BCUT2D eigenvalue weighted by molar-refractivity contribution is 5.95. The van der Waals surface area contributed by atoms with E-state index in [4.69, 9.17) is 18.9 Å². The number of carbonyl (C=O) groups is 1. The van der Waals surface area contributed by atoms with Crippen LogP contribution in [0.4, 0.5) is 0 Å². The van der Waals surface area contributed by atoms with Gasteiger partial charge in [-0.15, -0.1) is 0 Å². The van der Waals surface area contributed by atoms with Gasteiger partial charge in [0.05, 0.1) is 7.11 Å². The third-order valence-corrected chi connectivity index (χ3v) is 5.16. The number of rotatable bonds is 6. The second-order valence-electron chi connectivity index (χ2n) is 8.10. The largest absolute Gasteiger partial charge is 0.497 e. The molecule has 0 saturated carbocycles. The molecule has 31 heavy (non-hydrogen) atoms. The molecule has 0 radical (unpaired) electrons. The Kier molecular flexibility index (Phi) is 5.59. The maximum atomic E-state index is 12.7. The van der Waals surface area contributed by atoms with Gasteiger partial charge in [-0.1, -0.05) is 42.5 Å². The molecule has 3 aromatic rings. The summed E-state index contributed by atoms with van der Waals surface area (Å²) >= 11 is 0. The first-order chi connectivity index (χ1) is 14.8. The Labute approximate surface area is 182 Å². The van der Waals surface area contributed by atoms with Crippen LogP contribution in [0.25, 0.3) is 0 Å². The summed E-state index contributed by atoms with van der Waals surface area (Å²) in [4.78, 5) is 12.7. The van der Waals surface area contributed by atoms with Crippen molar-refractivity contribution in [2.45, 2.75) is 39.6 Å². The van der Waals surface area contributed by atoms with Crippen molar-refractivity contribution >= 4 is 5.97 Å². The van der Waals surface area contributed by atoms with Gasteiger partial charge < -0.3 is 18.9 Å². The lowest BCUT2D eigenvalue weighted by Crippen LogP contribution is -2.39. The highest BCUT2D eigenvalue weighted by Gasteiger charge is 2.36. The second kappa shape index (κ2) is 8.34. The number of methoxy groups -OCH3 is 1. The predicted molar refractivity (Wildman–Crippen MR) is 118 cm³/mol. The van der Waals surface area contributed by atoms with E-state index in [1.54, 1.807) is 27.0 Å². The molecule has 1 aliphatic heterocycles. The Bertz CT molecular complexity index is 1100. The summed E-state index contributed by atoms with van der Waals surface area (Å²) in [6.45, 7) is 5.96. The molecule has 0 bridgehead atoms. The lowest BCUT2D eigenvalue weighted by Gasteiger charge is -2.32. The van der Waals surface area contributed by atoms with Crippen LogP contribution in [0.3, 0.4) is 0 Å². The zero-order valence-corrected chi connectivity index (χ0v) is 18.2. The summed E-state index contributed by atoms with van der Waals surface area (Å²) in [5.74, 6) is 0.560. The van der Waals surface area contributed by atoms with Crippen LogP contribution in [-0.4, -0.2) is 18.9 Å². The fourth-order valence-electron chi connectivity index (χ4n) is 3.71. The van der Waals surface area contributed by atoms with Gasteiger partial charge in [-0.3, -0.25) is 0 Å². The number of cyclic esters (lactones) is 1. The molecule has 0 aromatic heterocycles. The smallest absolute Gasteiger partial charge is 0.345 e. The highest BCUT2D eigenvalue weighted by atomic mass is 16.7. The molecule has 3 aromatic carbocycles. The van der Waals surface area contributed by atoms with Gasteiger partial charge in [0.15, 0.2) is 0 Å². The summed E-state index contributed by atoms with van der Waals surface area (Å²) in [6, 6.07) is 19.7. The SMILES string of the molecule is COc1cc(Cc2ccc(OCc3ccccc3)c(C)c2)c2c(c1)OC(C)(C)OC2=O. The van der Waals surface area contributed by atoms with E-state index in [1.165, 1.54) is 0 Å². The normalized spacial score (nSPS) is 14.3. The van der Waals surface area contributed by atoms with E-state index in [0.717, 1.165) is 28.0 Å². The monoisotopic (exact) mass is 418 g/mol. The van der Waals surface area contributed by atoms with Crippen molar-refractivity contribution in [3.63, 3.8) is 0 Å². The summed E-state index contributed by atoms with van der Waals surface area (Å²) < 4.78 is 22.7. The van der Waals surface area contributed by atoms with Gasteiger partial charge >= 0.3 is 5.97 Å². The standard InChI is InChI=1S/C26H26O5/c1-17-12-19(10-11-22(17)29-16-18-8-6-5-7-9-18)13-20-14-21(28-4)15-23-24(20)25(27)31-26(2,3)30-23/h5-12,14-15H,13,16H2,1-4H3. The van der Waals surface area contributed by atoms with Crippen molar-refractivity contribution in [2.24, 2.45) is 0 Å². The van der Waals surface area contributed by atoms with Crippen molar-refractivity contribution in [1.29, 1.82) is 0 Å². The molecule has 0 unspecified atom stereocenters. The molecule has 1 aliphatic rings. The topological polar surface area (TPSA) is 54.0 Å². The van der Waals surface area contributed by atoms with Crippen LogP contribution in [0.5, 0.6) is 17.2 Å². The summed E-state index contributed by atoms with van der Waals surface area (Å²) in [5, 5.41) is 0. The third-order valence-electron chi connectivity index (χ3n) is 5.16. The zero-order valence-electron chi connectivity index (χ0n) is 18.2. The fraction of sp³-hybridized carbons (Fsp3) is 0.269. The Balaban J connectivity index is 1.58. The van der Waals surface area contributed by atoms with Crippen LogP contribution in [0.1, 0.15) is 46.5 Å². The highest BCUT2D eigenvalue weighted by Crippen LogP contribution is 2.37. The molecule has 1 heterocycles. The van der Waals surface area contributed by atoms with E-state index in [2.05, 4.69) is 6.07 Å². The summed E-state index contributed by atoms with van der Waals surface area (Å²) in [6.07, 6.45) is 0.540. The van der Waals surface area contributed by atoms with Gasteiger partial charge in [0.1, 0.15) is 29.4 Å². The molecule has 0 fully saturated rings. The van der Waals surface area contributed by atoms with Crippen LogP contribution in [-0.2, 0) is 17.8 Å². The predicted octanol–water partition coefficient (Wildman–Crippen LogP) is 5.46. The third kappa shape index (κ3) is 4.66. The number of hydrogen-bond donors (Lipinski definition) is 0. The number of carbonyl (C=O) groups excluding carboxylic acids is 1. The molecule has 5 nitrogen and oxygen atoms in total. The van der Waals surface area contributed by atoms with Crippen LogP contribution in [0.15, 0.2) is 60.7 Å². The van der Waals surface area contributed by atoms with Crippen LogP contribution >= 0.6 is 0 Å². The summed E-state index contributed by atoms with van der Waals surface area (Å²) in [7, 11) is 1.60. The second-order valence-corrected chi connectivity index (χ2v) is 8.10. The maximum Gasteiger partial charge on any atom is 0.345 e. The van der Waals surface area contributed by atoms with Crippen LogP contribution in [0.2, 0.25) is 0 Å². The number of fused-ring (bicyclic) bond motifs is 1. The molecule has 4 rings (SSSR count). The molecule has 0 N–H and O–H groups in total. The minimum Gasteiger partial charge on any atom is -0.497 e. The Morgan fingerprint density at radius 2 is 1.71 bits per heavy atom. The first-order valence-corrected chi connectivity index (χ1v) is 10.2. The van der Waals surface area contributed by atoms with E-state index in [9.17, 15) is 4.79 Å². The van der Waals surface area contributed by atoms with Crippen LogP contribution < -0.4 is 14.2 Å². The molecule has 0 atom stereocenters. The van der Waals surface area contributed by atoms with E-state index >= 15 is 0 Å². The maximum absolute atomic E-state index is 12.7. The number of ether oxygens (including phenoxy) is 4. The van der Waals surface area contributed by atoms with Crippen molar-refractivity contribution in [2.75, 3.05) is 7.11 Å². The van der Waals surface area contributed by atoms with E-state index < -0.39 is 5.79 Å². The lowest BCUT2D eigenvalue weighted by molar-refractivity contribution is -0.127. The molecular formula is C26H26O5. The van der Waals surface area contributed by atoms with Gasteiger partial charge in [0.25, 0.3) is 0 Å². The number of aryl methyl sites for hydroxylation is 1. The van der Waals surface area contributed by atoms with Gasteiger partial charge in [-0.2, -0.15) is 0 Å². The minimum atomic E-state index is -1.01. The van der Waals surface area contributed by atoms with Gasteiger partial charge in [0.2, 0.25) is 5.79 Å². The van der Waals surface area contributed by atoms with Crippen molar-refractivity contribution < 1.29 is 23.7 Å². The zero-order chi connectivity index (χ0) is 22.0.